The fourth-order valence-corrected chi connectivity index (χ4v) is 11.0. The number of allylic oxidation sites excluding steroid dienone is 2. The molecule has 9 atom stereocenters. The van der Waals surface area contributed by atoms with Crippen LogP contribution in [0.15, 0.2) is 12.2 Å². The number of carbonyl (C=O) groups is 2. The molecule has 196 valence electrons. The molecular formula is C32H50O3. The molecule has 0 unspecified atom stereocenters. The lowest BCUT2D eigenvalue weighted by atomic mass is 9.30. The molecular weight excluding hydrogens is 432 g/mol. The van der Waals surface area contributed by atoms with E-state index in [0.29, 0.717) is 28.8 Å². The number of ether oxygens (including phenoxy) is 1. The second-order valence-corrected chi connectivity index (χ2v) is 15.5. The molecule has 0 N–H and O–H groups in total. The van der Waals surface area contributed by atoms with Crippen LogP contribution >= 0.6 is 0 Å². The highest BCUT2D eigenvalue weighted by Gasteiger charge is 2.72. The minimum absolute atomic E-state index is 0.0410. The van der Waals surface area contributed by atoms with Gasteiger partial charge in [-0.15, -0.1) is 0 Å². The average molecular weight is 483 g/mol. The summed E-state index contributed by atoms with van der Waals surface area (Å²) >= 11 is 0. The highest BCUT2D eigenvalue weighted by Crippen LogP contribution is 2.78. The van der Waals surface area contributed by atoms with Crippen LogP contribution in [0.2, 0.25) is 0 Å². The van der Waals surface area contributed by atoms with Crippen molar-refractivity contribution in [1.82, 2.24) is 0 Å². The molecule has 0 amide bonds. The zero-order chi connectivity index (χ0) is 25.7. The van der Waals surface area contributed by atoms with Crippen molar-refractivity contribution in [2.24, 2.45) is 56.2 Å². The zero-order valence-corrected chi connectivity index (χ0v) is 23.8. The van der Waals surface area contributed by atoms with E-state index in [1.165, 1.54) is 45.4 Å². The van der Waals surface area contributed by atoms with Gasteiger partial charge in [0, 0.05) is 18.3 Å². The van der Waals surface area contributed by atoms with Gasteiger partial charge in [0.15, 0.2) is 5.78 Å². The standard InChI is InChI=1S/C32H50O3/c1-21-9-10-23(34)26-29(6)16-18-31(8)25-19-27(3,4)13-14-28(25,5)15-17-30(31,7)24(29)11-12-32(21,26)20-35-22(2)33/h9-10,21,24-26H,11-20H2,1-8H3/t21-,24-,25+,26-,28+,29+,30+,31-,32-/m0/s1. The van der Waals surface area contributed by atoms with Crippen LogP contribution in [0.4, 0.5) is 0 Å². The summed E-state index contributed by atoms with van der Waals surface area (Å²) in [7, 11) is 0. The van der Waals surface area contributed by atoms with Crippen molar-refractivity contribution in [3.63, 3.8) is 0 Å². The zero-order valence-electron chi connectivity index (χ0n) is 23.8. The Morgan fingerprint density at radius 3 is 2.23 bits per heavy atom. The molecule has 0 radical (unpaired) electrons. The lowest BCUT2D eigenvalue weighted by Crippen LogP contribution is -2.69. The first-order chi connectivity index (χ1) is 16.1. The van der Waals surface area contributed by atoms with Gasteiger partial charge >= 0.3 is 5.97 Å². The third kappa shape index (κ3) is 3.34. The largest absolute Gasteiger partial charge is 0.465 e. The molecule has 0 aromatic rings. The lowest BCUT2D eigenvalue weighted by Gasteiger charge is -2.74. The second-order valence-electron chi connectivity index (χ2n) is 15.5. The van der Waals surface area contributed by atoms with E-state index in [2.05, 4.69) is 54.5 Å². The Balaban J connectivity index is 1.57. The molecule has 5 aliphatic carbocycles. The van der Waals surface area contributed by atoms with E-state index in [1.54, 1.807) is 0 Å². The van der Waals surface area contributed by atoms with Crippen LogP contribution in [-0.4, -0.2) is 18.4 Å². The summed E-state index contributed by atoms with van der Waals surface area (Å²) in [6, 6.07) is 0. The number of rotatable bonds is 2. The highest BCUT2D eigenvalue weighted by molar-refractivity contribution is 5.94. The predicted molar refractivity (Wildman–Crippen MR) is 141 cm³/mol. The first-order valence-electron chi connectivity index (χ1n) is 14.5. The van der Waals surface area contributed by atoms with Gasteiger partial charge in [0.2, 0.25) is 0 Å². The summed E-state index contributed by atoms with van der Waals surface area (Å²) in [5.74, 6) is 1.56. The van der Waals surface area contributed by atoms with Crippen molar-refractivity contribution in [2.45, 2.75) is 113 Å². The van der Waals surface area contributed by atoms with Crippen LogP contribution in [0.1, 0.15) is 113 Å². The Kier molecular flexibility index (Phi) is 5.62. The van der Waals surface area contributed by atoms with Crippen molar-refractivity contribution in [2.75, 3.05) is 6.61 Å². The molecule has 4 saturated carbocycles. The van der Waals surface area contributed by atoms with Crippen molar-refractivity contribution >= 4 is 11.8 Å². The van der Waals surface area contributed by atoms with E-state index >= 15 is 0 Å². The smallest absolute Gasteiger partial charge is 0.302 e. The van der Waals surface area contributed by atoms with Gasteiger partial charge in [-0.2, -0.15) is 0 Å². The molecule has 0 bridgehead atoms. The van der Waals surface area contributed by atoms with E-state index in [1.807, 2.05) is 6.08 Å². The van der Waals surface area contributed by atoms with E-state index in [-0.39, 0.29) is 39.8 Å². The first-order valence-corrected chi connectivity index (χ1v) is 14.5. The summed E-state index contributed by atoms with van der Waals surface area (Å²) < 4.78 is 5.72. The Morgan fingerprint density at radius 2 is 1.54 bits per heavy atom. The third-order valence-corrected chi connectivity index (χ3v) is 13.4. The molecule has 0 aliphatic heterocycles. The van der Waals surface area contributed by atoms with Crippen molar-refractivity contribution in [1.29, 1.82) is 0 Å². The molecule has 0 aromatic carbocycles. The Hall–Kier alpha value is -1.12. The van der Waals surface area contributed by atoms with Gasteiger partial charge in [0.05, 0.1) is 6.61 Å². The van der Waals surface area contributed by atoms with Gasteiger partial charge in [-0.25, -0.2) is 0 Å². The van der Waals surface area contributed by atoms with E-state index in [4.69, 9.17) is 4.74 Å². The fourth-order valence-electron chi connectivity index (χ4n) is 11.0. The Bertz CT molecular complexity index is 948. The maximum atomic E-state index is 13.8. The molecule has 0 aromatic heterocycles. The van der Waals surface area contributed by atoms with Crippen LogP contribution in [0.3, 0.4) is 0 Å². The maximum Gasteiger partial charge on any atom is 0.302 e. The quantitative estimate of drug-likeness (QED) is 0.377. The average Bonchev–Trinajstić information content (AvgIpc) is 2.78. The summed E-state index contributed by atoms with van der Waals surface area (Å²) in [4.78, 5) is 25.6. The Labute approximate surface area is 214 Å². The normalized spacial score (nSPS) is 52.5. The molecule has 3 nitrogen and oxygen atoms in total. The minimum atomic E-state index is -0.261. The molecule has 3 heteroatoms. The number of esters is 1. The summed E-state index contributed by atoms with van der Waals surface area (Å²) in [5.41, 5.74) is 1.15. The molecule has 0 saturated heterocycles. The van der Waals surface area contributed by atoms with E-state index in [0.717, 1.165) is 25.2 Å². The lowest BCUT2D eigenvalue weighted by molar-refractivity contribution is -0.255. The van der Waals surface area contributed by atoms with Crippen molar-refractivity contribution in [3.05, 3.63) is 12.2 Å². The molecule has 5 rings (SSSR count). The molecule has 35 heavy (non-hydrogen) atoms. The van der Waals surface area contributed by atoms with Crippen molar-refractivity contribution in [3.8, 4) is 0 Å². The van der Waals surface area contributed by atoms with Crippen LogP contribution in [0.25, 0.3) is 0 Å². The SMILES string of the molecule is CC(=O)OC[C@]12CC[C@H]3[C@@](C)(CC[C@@]4(C)[C@@H]5CC(C)(C)CC[C@]5(C)CC[C@]34C)[C@@H]1C(=O)C=C[C@@H]2C. The maximum absolute atomic E-state index is 13.8. The first kappa shape index (κ1) is 25.5. The highest BCUT2D eigenvalue weighted by atomic mass is 16.5. The fraction of sp³-hybridized carbons (Fsp3) is 0.875. The van der Waals surface area contributed by atoms with Crippen LogP contribution in [0, 0.1) is 56.2 Å². The Morgan fingerprint density at radius 1 is 0.914 bits per heavy atom. The summed E-state index contributed by atoms with van der Waals surface area (Å²) in [6.45, 7) is 19.5. The van der Waals surface area contributed by atoms with Gasteiger partial charge < -0.3 is 4.74 Å². The number of ketones is 1. The predicted octanol–water partition coefficient (Wildman–Crippen LogP) is 7.78. The van der Waals surface area contributed by atoms with Crippen LogP contribution < -0.4 is 0 Å². The molecule has 5 aliphatic rings. The third-order valence-electron chi connectivity index (χ3n) is 13.4. The van der Waals surface area contributed by atoms with Crippen LogP contribution in [-0.2, 0) is 14.3 Å². The minimum Gasteiger partial charge on any atom is -0.465 e. The van der Waals surface area contributed by atoms with Gasteiger partial charge in [-0.05, 0) is 109 Å². The molecule has 4 fully saturated rings. The number of fused-ring (bicyclic) bond motifs is 7. The topological polar surface area (TPSA) is 43.4 Å². The van der Waals surface area contributed by atoms with Gasteiger partial charge in [-0.1, -0.05) is 54.5 Å². The van der Waals surface area contributed by atoms with Gasteiger partial charge in [-0.3, -0.25) is 9.59 Å². The summed E-state index contributed by atoms with van der Waals surface area (Å²) in [5, 5.41) is 0. The van der Waals surface area contributed by atoms with Gasteiger partial charge in [0.1, 0.15) is 0 Å². The van der Waals surface area contributed by atoms with E-state index in [9.17, 15) is 9.59 Å². The van der Waals surface area contributed by atoms with E-state index < -0.39 is 0 Å². The molecule has 0 spiro atoms. The second kappa shape index (κ2) is 7.70. The molecule has 0 heterocycles. The summed E-state index contributed by atoms with van der Waals surface area (Å²) in [6.07, 6.45) is 15.1. The monoisotopic (exact) mass is 482 g/mol. The number of carbonyl (C=O) groups excluding carboxylic acids is 2. The van der Waals surface area contributed by atoms with Crippen molar-refractivity contribution < 1.29 is 14.3 Å². The van der Waals surface area contributed by atoms with Crippen LogP contribution in [0.5, 0.6) is 0 Å². The number of hydrogen-bond donors (Lipinski definition) is 0. The number of hydrogen-bond acceptors (Lipinski definition) is 3. The van der Waals surface area contributed by atoms with Gasteiger partial charge in [0.25, 0.3) is 0 Å².